The van der Waals surface area contributed by atoms with Gasteiger partial charge in [-0.25, -0.2) is 18.3 Å². The van der Waals surface area contributed by atoms with E-state index in [1.165, 1.54) is 4.72 Å². The first-order valence-electron chi connectivity index (χ1n) is 3.66. The van der Waals surface area contributed by atoms with E-state index in [1.54, 1.807) is 0 Å². The normalized spacial score (nSPS) is 10.9. The largest absolute Gasteiger partial charge is 0.427 e. The number of amides is 1. The van der Waals surface area contributed by atoms with Crippen molar-refractivity contribution in [3.8, 4) is 5.75 Å². The summed E-state index contributed by atoms with van der Waals surface area (Å²) in [6.45, 7) is 0. The standard InChI is InChI=1S/C7H4ClF2NO4S/c8-16(13,14)11-7(12)15-6-2-4(9)1-5(10)3-6/h1-3H,(H,11,12). The lowest BCUT2D eigenvalue weighted by atomic mass is 10.3. The zero-order chi connectivity index (χ0) is 12.3. The van der Waals surface area contributed by atoms with Gasteiger partial charge in [0, 0.05) is 28.9 Å². The van der Waals surface area contributed by atoms with Crippen molar-refractivity contribution in [2.75, 3.05) is 0 Å². The van der Waals surface area contributed by atoms with Crippen LogP contribution in [0.5, 0.6) is 5.75 Å². The van der Waals surface area contributed by atoms with E-state index < -0.39 is 32.7 Å². The van der Waals surface area contributed by atoms with Crippen LogP contribution in [0.1, 0.15) is 0 Å². The van der Waals surface area contributed by atoms with Gasteiger partial charge in [0.2, 0.25) is 0 Å². The van der Waals surface area contributed by atoms with Gasteiger partial charge in [0.25, 0.3) is 0 Å². The van der Waals surface area contributed by atoms with E-state index in [9.17, 15) is 22.0 Å². The van der Waals surface area contributed by atoms with Crippen LogP contribution in [0.15, 0.2) is 18.2 Å². The van der Waals surface area contributed by atoms with Crippen molar-refractivity contribution in [2.45, 2.75) is 0 Å². The minimum absolute atomic E-state index is 0.490. The predicted molar refractivity (Wildman–Crippen MR) is 50.3 cm³/mol. The molecule has 0 aromatic heterocycles. The summed E-state index contributed by atoms with van der Waals surface area (Å²) in [7, 11) is 0.365. The van der Waals surface area contributed by atoms with Gasteiger partial charge in [-0.05, 0) is 0 Å². The summed E-state index contributed by atoms with van der Waals surface area (Å²) in [5.41, 5.74) is 0. The Morgan fingerprint density at radius 2 is 1.75 bits per heavy atom. The molecule has 0 aliphatic carbocycles. The van der Waals surface area contributed by atoms with Crippen LogP contribution in [-0.2, 0) is 9.24 Å². The van der Waals surface area contributed by atoms with Gasteiger partial charge in [-0.3, -0.25) is 0 Å². The molecule has 0 aliphatic heterocycles. The number of halogens is 3. The van der Waals surface area contributed by atoms with E-state index in [2.05, 4.69) is 15.4 Å². The average Bonchev–Trinajstić information content (AvgIpc) is 1.96. The van der Waals surface area contributed by atoms with Crippen LogP contribution in [0.4, 0.5) is 13.6 Å². The fraction of sp³-hybridized carbons (Fsp3) is 0. The van der Waals surface area contributed by atoms with E-state index in [4.69, 9.17) is 0 Å². The number of ether oxygens (including phenoxy) is 1. The second kappa shape index (κ2) is 4.62. The molecule has 1 amide bonds. The van der Waals surface area contributed by atoms with Crippen LogP contribution >= 0.6 is 10.7 Å². The van der Waals surface area contributed by atoms with Gasteiger partial charge < -0.3 is 4.74 Å². The molecule has 16 heavy (non-hydrogen) atoms. The maximum atomic E-state index is 12.6. The number of carbonyl (C=O) groups excluding carboxylic acids is 1. The lowest BCUT2D eigenvalue weighted by molar-refractivity contribution is 0.206. The molecule has 0 fully saturated rings. The molecular formula is C7H4ClF2NO4S. The van der Waals surface area contributed by atoms with Crippen molar-refractivity contribution in [3.63, 3.8) is 0 Å². The number of benzene rings is 1. The van der Waals surface area contributed by atoms with E-state index in [0.29, 0.717) is 18.2 Å². The third-order valence-electron chi connectivity index (χ3n) is 1.25. The molecule has 0 radical (unpaired) electrons. The molecule has 0 aliphatic rings. The number of nitrogens with one attached hydrogen (secondary N) is 1. The van der Waals surface area contributed by atoms with Crippen molar-refractivity contribution in [1.29, 1.82) is 0 Å². The molecule has 0 spiro atoms. The molecule has 0 atom stereocenters. The van der Waals surface area contributed by atoms with Gasteiger partial charge in [-0.2, -0.15) is 8.42 Å². The van der Waals surface area contributed by atoms with Crippen molar-refractivity contribution >= 4 is 26.0 Å². The maximum Gasteiger partial charge on any atom is 0.427 e. The Morgan fingerprint density at radius 3 is 2.19 bits per heavy atom. The molecule has 9 heteroatoms. The molecule has 0 heterocycles. The molecule has 0 bridgehead atoms. The Labute approximate surface area is 93.5 Å². The third kappa shape index (κ3) is 4.41. The Balaban J connectivity index is 2.77. The van der Waals surface area contributed by atoms with Crippen LogP contribution in [0.3, 0.4) is 0 Å². The Hall–Kier alpha value is -1.41. The maximum absolute atomic E-state index is 12.6. The Morgan fingerprint density at radius 1 is 1.25 bits per heavy atom. The molecule has 0 saturated carbocycles. The van der Waals surface area contributed by atoms with E-state index >= 15 is 0 Å². The third-order valence-corrected chi connectivity index (χ3v) is 1.89. The van der Waals surface area contributed by atoms with Gasteiger partial charge >= 0.3 is 15.3 Å². The summed E-state index contributed by atoms with van der Waals surface area (Å²) in [4.78, 5) is 10.8. The lowest BCUT2D eigenvalue weighted by Gasteiger charge is -2.03. The van der Waals surface area contributed by atoms with Crippen LogP contribution in [-0.4, -0.2) is 14.5 Å². The monoisotopic (exact) mass is 271 g/mol. The zero-order valence-corrected chi connectivity index (χ0v) is 8.98. The summed E-state index contributed by atoms with van der Waals surface area (Å²) in [6.07, 6.45) is -1.47. The number of hydrogen-bond donors (Lipinski definition) is 1. The summed E-state index contributed by atoms with van der Waals surface area (Å²) in [5, 5.41) is 0. The smallest absolute Gasteiger partial charge is 0.409 e. The highest BCUT2D eigenvalue weighted by molar-refractivity contribution is 8.12. The Bertz CT molecular complexity index is 499. The predicted octanol–water partition coefficient (Wildman–Crippen LogP) is 1.54. The number of carbonyl (C=O) groups is 1. The number of rotatable bonds is 2. The summed E-state index contributed by atoms with van der Waals surface area (Å²) in [6, 6.07) is 1.95. The fourth-order valence-corrected chi connectivity index (χ4v) is 1.24. The van der Waals surface area contributed by atoms with Crippen molar-refractivity contribution in [3.05, 3.63) is 29.8 Å². The summed E-state index contributed by atoms with van der Waals surface area (Å²) in [5.74, 6) is -2.44. The van der Waals surface area contributed by atoms with Crippen molar-refractivity contribution in [2.24, 2.45) is 0 Å². The highest BCUT2D eigenvalue weighted by atomic mass is 35.7. The van der Waals surface area contributed by atoms with Gasteiger partial charge in [0.05, 0.1) is 0 Å². The number of hydrogen-bond acceptors (Lipinski definition) is 4. The molecule has 1 N–H and O–H groups in total. The van der Waals surface area contributed by atoms with Gasteiger partial charge in [-0.1, -0.05) is 0 Å². The molecule has 0 saturated heterocycles. The lowest BCUT2D eigenvalue weighted by Crippen LogP contribution is -2.29. The topological polar surface area (TPSA) is 72.5 Å². The fourth-order valence-electron chi connectivity index (χ4n) is 0.815. The first-order valence-corrected chi connectivity index (χ1v) is 5.97. The minimum atomic E-state index is -4.30. The highest BCUT2D eigenvalue weighted by Crippen LogP contribution is 2.15. The molecule has 88 valence electrons. The second-order valence-corrected chi connectivity index (χ2v) is 4.83. The first-order chi connectivity index (χ1) is 7.26. The Kier molecular flexibility index (Phi) is 3.66. The van der Waals surface area contributed by atoms with Crippen molar-refractivity contribution < 1.29 is 26.7 Å². The SMILES string of the molecule is O=C(NS(=O)(=O)Cl)Oc1cc(F)cc(F)c1. The second-order valence-electron chi connectivity index (χ2n) is 2.53. The molecule has 1 rings (SSSR count). The molecular weight excluding hydrogens is 268 g/mol. The van der Waals surface area contributed by atoms with E-state index in [0.717, 1.165) is 0 Å². The van der Waals surface area contributed by atoms with Gasteiger partial charge in [0.15, 0.2) is 0 Å². The minimum Gasteiger partial charge on any atom is -0.409 e. The molecule has 0 unspecified atom stereocenters. The van der Waals surface area contributed by atoms with E-state index in [-0.39, 0.29) is 0 Å². The molecule has 1 aromatic rings. The van der Waals surface area contributed by atoms with Crippen molar-refractivity contribution in [1.82, 2.24) is 4.72 Å². The van der Waals surface area contributed by atoms with Crippen LogP contribution in [0.25, 0.3) is 0 Å². The average molecular weight is 272 g/mol. The van der Waals surface area contributed by atoms with Crippen LogP contribution < -0.4 is 9.46 Å². The van der Waals surface area contributed by atoms with Gasteiger partial charge in [0.1, 0.15) is 17.4 Å². The summed E-state index contributed by atoms with van der Waals surface area (Å²) < 4.78 is 51.5. The quantitative estimate of drug-likeness (QED) is 0.828. The van der Waals surface area contributed by atoms with Crippen LogP contribution in [0, 0.1) is 11.6 Å². The van der Waals surface area contributed by atoms with E-state index in [1.807, 2.05) is 0 Å². The van der Waals surface area contributed by atoms with Crippen LogP contribution in [0.2, 0.25) is 0 Å². The molecule has 5 nitrogen and oxygen atoms in total. The summed E-state index contributed by atoms with van der Waals surface area (Å²) >= 11 is 0. The zero-order valence-electron chi connectivity index (χ0n) is 7.41. The van der Waals surface area contributed by atoms with Gasteiger partial charge in [-0.15, -0.1) is 0 Å². The first kappa shape index (κ1) is 12.7. The molecule has 1 aromatic carbocycles. The highest BCUT2D eigenvalue weighted by Gasteiger charge is 2.13.